The van der Waals surface area contributed by atoms with Gasteiger partial charge in [-0.1, -0.05) is 0 Å². The molecule has 0 unspecified atom stereocenters. The number of hydrogen-bond donors (Lipinski definition) is 1. The molecule has 1 aliphatic carbocycles. The Bertz CT molecular complexity index is 501. The normalized spacial score (nSPS) is 22.4. The van der Waals surface area contributed by atoms with Crippen LogP contribution >= 0.6 is 11.3 Å². The van der Waals surface area contributed by atoms with E-state index in [1.807, 2.05) is 19.9 Å². The predicted octanol–water partition coefficient (Wildman–Crippen LogP) is 2.83. The zero-order valence-electron chi connectivity index (χ0n) is 12.2. The van der Waals surface area contributed by atoms with Crippen molar-refractivity contribution in [1.29, 1.82) is 0 Å². The third kappa shape index (κ3) is 3.39. The molecule has 0 atom stereocenters. The number of amides is 1. The summed E-state index contributed by atoms with van der Waals surface area (Å²) < 4.78 is 4.77. The largest absolute Gasteiger partial charge is 0.469 e. The van der Waals surface area contributed by atoms with E-state index in [1.54, 1.807) is 11.3 Å². The van der Waals surface area contributed by atoms with Crippen molar-refractivity contribution in [3.63, 3.8) is 0 Å². The van der Waals surface area contributed by atoms with Gasteiger partial charge in [-0.05, 0) is 45.6 Å². The first kappa shape index (κ1) is 15.0. The van der Waals surface area contributed by atoms with Crippen molar-refractivity contribution in [2.75, 3.05) is 7.11 Å². The second kappa shape index (κ2) is 6.39. The standard InChI is InChI=1S/C15H21NO3S/c1-9-8-13(10(2)20-9)14(17)16-12-6-4-11(5-7-12)15(18)19-3/h8,11-12H,4-7H2,1-3H3,(H,16,17). The van der Waals surface area contributed by atoms with Gasteiger partial charge in [-0.3, -0.25) is 9.59 Å². The van der Waals surface area contributed by atoms with Crippen LogP contribution in [0.15, 0.2) is 6.07 Å². The molecular weight excluding hydrogens is 274 g/mol. The molecule has 5 heteroatoms. The molecule has 0 spiro atoms. The highest BCUT2D eigenvalue weighted by Crippen LogP contribution is 2.26. The molecule has 1 aliphatic rings. The summed E-state index contributed by atoms with van der Waals surface area (Å²) in [7, 11) is 1.43. The lowest BCUT2D eigenvalue weighted by molar-refractivity contribution is -0.146. The van der Waals surface area contributed by atoms with Crippen LogP contribution < -0.4 is 5.32 Å². The molecule has 0 saturated heterocycles. The molecule has 0 aliphatic heterocycles. The lowest BCUT2D eigenvalue weighted by atomic mass is 9.86. The van der Waals surface area contributed by atoms with Gasteiger partial charge in [0, 0.05) is 15.8 Å². The summed E-state index contributed by atoms with van der Waals surface area (Å²) in [5, 5.41) is 3.08. The number of nitrogens with one attached hydrogen (secondary N) is 1. The zero-order chi connectivity index (χ0) is 14.7. The first-order valence-electron chi connectivity index (χ1n) is 6.97. The van der Waals surface area contributed by atoms with Crippen LogP contribution in [0, 0.1) is 19.8 Å². The van der Waals surface area contributed by atoms with Crippen molar-refractivity contribution in [2.45, 2.75) is 45.6 Å². The SMILES string of the molecule is COC(=O)C1CCC(NC(=O)c2cc(C)sc2C)CC1. The van der Waals surface area contributed by atoms with E-state index in [-0.39, 0.29) is 23.8 Å². The molecule has 1 fully saturated rings. The highest BCUT2D eigenvalue weighted by Gasteiger charge is 2.28. The van der Waals surface area contributed by atoms with Gasteiger partial charge in [-0.25, -0.2) is 0 Å². The lowest BCUT2D eigenvalue weighted by Gasteiger charge is -2.27. The number of methoxy groups -OCH3 is 1. The minimum absolute atomic E-state index is 0.00159. The molecule has 1 N–H and O–H groups in total. The molecule has 0 bridgehead atoms. The van der Waals surface area contributed by atoms with Crippen molar-refractivity contribution in [2.24, 2.45) is 5.92 Å². The minimum atomic E-state index is -0.126. The Morgan fingerprint density at radius 2 is 1.90 bits per heavy atom. The van der Waals surface area contributed by atoms with Gasteiger partial charge in [0.2, 0.25) is 0 Å². The molecule has 1 heterocycles. The van der Waals surface area contributed by atoms with E-state index in [0.29, 0.717) is 0 Å². The highest BCUT2D eigenvalue weighted by atomic mass is 32.1. The average Bonchev–Trinajstić information content (AvgIpc) is 2.78. The molecule has 0 aromatic carbocycles. The molecule has 1 aromatic rings. The summed E-state index contributed by atoms with van der Waals surface area (Å²) >= 11 is 1.64. The Labute approximate surface area is 123 Å². The van der Waals surface area contributed by atoms with E-state index < -0.39 is 0 Å². The number of thiophene rings is 1. The summed E-state index contributed by atoms with van der Waals surface area (Å²) in [4.78, 5) is 25.9. The summed E-state index contributed by atoms with van der Waals surface area (Å²) in [6.07, 6.45) is 3.26. The van der Waals surface area contributed by atoms with Crippen LogP contribution in [0.4, 0.5) is 0 Å². The molecule has 4 nitrogen and oxygen atoms in total. The summed E-state index contributed by atoms with van der Waals surface area (Å²) in [6.45, 7) is 3.98. The third-order valence-corrected chi connectivity index (χ3v) is 4.85. The summed E-state index contributed by atoms with van der Waals surface area (Å²) in [5.74, 6) is -0.120. The fourth-order valence-corrected chi connectivity index (χ4v) is 3.68. The van der Waals surface area contributed by atoms with Crippen molar-refractivity contribution in [3.8, 4) is 0 Å². The second-order valence-corrected chi connectivity index (χ2v) is 6.83. The van der Waals surface area contributed by atoms with Gasteiger partial charge in [0.15, 0.2) is 0 Å². The maximum absolute atomic E-state index is 12.2. The zero-order valence-corrected chi connectivity index (χ0v) is 13.0. The minimum Gasteiger partial charge on any atom is -0.469 e. The molecule has 2 rings (SSSR count). The van der Waals surface area contributed by atoms with Gasteiger partial charge in [0.1, 0.15) is 0 Å². The van der Waals surface area contributed by atoms with E-state index in [9.17, 15) is 9.59 Å². The Morgan fingerprint density at radius 3 is 2.40 bits per heavy atom. The fourth-order valence-electron chi connectivity index (χ4n) is 2.76. The molecule has 1 aromatic heterocycles. The van der Waals surface area contributed by atoms with E-state index in [1.165, 1.54) is 7.11 Å². The van der Waals surface area contributed by atoms with Crippen LogP contribution in [0.5, 0.6) is 0 Å². The van der Waals surface area contributed by atoms with Gasteiger partial charge in [0.05, 0.1) is 18.6 Å². The summed E-state index contributed by atoms with van der Waals surface area (Å²) in [5.41, 5.74) is 0.780. The quantitative estimate of drug-likeness (QED) is 0.872. The van der Waals surface area contributed by atoms with Crippen molar-refractivity contribution < 1.29 is 14.3 Å². The number of aryl methyl sites for hydroxylation is 2. The molecule has 20 heavy (non-hydrogen) atoms. The second-order valence-electron chi connectivity index (χ2n) is 5.37. The Morgan fingerprint density at radius 1 is 1.25 bits per heavy atom. The maximum Gasteiger partial charge on any atom is 0.308 e. The summed E-state index contributed by atoms with van der Waals surface area (Å²) in [6, 6.07) is 2.11. The van der Waals surface area contributed by atoms with Crippen molar-refractivity contribution >= 4 is 23.2 Å². The number of hydrogen-bond acceptors (Lipinski definition) is 4. The average molecular weight is 295 g/mol. The first-order chi connectivity index (χ1) is 9.51. The predicted molar refractivity (Wildman–Crippen MR) is 79.0 cm³/mol. The Balaban J connectivity index is 1.88. The topological polar surface area (TPSA) is 55.4 Å². The van der Waals surface area contributed by atoms with Gasteiger partial charge in [-0.15, -0.1) is 11.3 Å². The first-order valence-corrected chi connectivity index (χ1v) is 7.78. The number of ether oxygens (including phenoxy) is 1. The molecule has 1 amide bonds. The van der Waals surface area contributed by atoms with Crippen LogP contribution in [-0.4, -0.2) is 25.0 Å². The number of esters is 1. The number of carbonyl (C=O) groups is 2. The molecule has 110 valence electrons. The maximum atomic E-state index is 12.2. The van der Waals surface area contributed by atoms with Crippen LogP contribution in [0.2, 0.25) is 0 Å². The van der Waals surface area contributed by atoms with Crippen LogP contribution in [-0.2, 0) is 9.53 Å². The van der Waals surface area contributed by atoms with Crippen molar-refractivity contribution in [1.82, 2.24) is 5.32 Å². The van der Waals surface area contributed by atoms with Crippen molar-refractivity contribution in [3.05, 3.63) is 21.4 Å². The highest BCUT2D eigenvalue weighted by molar-refractivity contribution is 7.12. The number of rotatable bonds is 3. The molecular formula is C15H21NO3S. The monoisotopic (exact) mass is 295 g/mol. The molecule has 0 radical (unpaired) electrons. The Hall–Kier alpha value is -1.36. The van der Waals surface area contributed by atoms with E-state index in [0.717, 1.165) is 41.0 Å². The van der Waals surface area contributed by atoms with Crippen LogP contribution in [0.1, 0.15) is 45.8 Å². The van der Waals surface area contributed by atoms with Gasteiger partial charge in [-0.2, -0.15) is 0 Å². The van der Waals surface area contributed by atoms with E-state index >= 15 is 0 Å². The van der Waals surface area contributed by atoms with Gasteiger partial charge in [0.25, 0.3) is 5.91 Å². The Kier molecular flexibility index (Phi) is 4.81. The molecule has 1 saturated carbocycles. The third-order valence-electron chi connectivity index (χ3n) is 3.88. The van der Waals surface area contributed by atoms with Crippen LogP contribution in [0.3, 0.4) is 0 Å². The lowest BCUT2D eigenvalue weighted by Crippen LogP contribution is -2.39. The smallest absolute Gasteiger partial charge is 0.308 e. The number of carbonyl (C=O) groups excluding carboxylic acids is 2. The van der Waals surface area contributed by atoms with E-state index in [2.05, 4.69) is 5.32 Å². The van der Waals surface area contributed by atoms with E-state index in [4.69, 9.17) is 4.74 Å². The van der Waals surface area contributed by atoms with Gasteiger partial charge < -0.3 is 10.1 Å². The van der Waals surface area contributed by atoms with Crippen LogP contribution in [0.25, 0.3) is 0 Å². The van der Waals surface area contributed by atoms with Gasteiger partial charge >= 0.3 is 5.97 Å². The fraction of sp³-hybridized carbons (Fsp3) is 0.600.